The average molecular weight is 906 g/mol. The molecule has 2 saturated carbocycles. The van der Waals surface area contributed by atoms with Crippen molar-refractivity contribution in [2.24, 2.45) is 27.6 Å². The minimum atomic E-state index is 0.143. The van der Waals surface area contributed by atoms with E-state index in [4.69, 9.17) is 15.7 Å². The molecule has 7 aromatic rings. The second-order valence-electron chi connectivity index (χ2n) is 19.3. The zero-order chi connectivity index (χ0) is 47.0. The van der Waals surface area contributed by atoms with Crippen LogP contribution in [-0.4, -0.2) is 23.4 Å². The van der Waals surface area contributed by atoms with Gasteiger partial charge in [0.25, 0.3) is 0 Å². The average Bonchev–Trinajstić information content (AvgIpc) is 4.38. The van der Waals surface area contributed by atoms with Gasteiger partial charge in [-0.3, -0.25) is 10.4 Å². The van der Waals surface area contributed by atoms with Crippen LogP contribution in [0.2, 0.25) is 0 Å². The number of hydrogen-bond donors (Lipinski definition) is 3. The van der Waals surface area contributed by atoms with Crippen LogP contribution in [-0.2, 0) is 0 Å². The van der Waals surface area contributed by atoms with Crippen LogP contribution in [0, 0.1) is 17.2 Å². The second kappa shape index (κ2) is 18.7. The van der Waals surface area contributed by atoms with Gasteiger partial charge in [0, 0.05) is 33.8 Å². The first-order valence-electron chi connectivity index (χ1n) is 24.9. The Morgan fingerprint density at radius 1 is 0.557 bits per heavy atom. The quantitative estimate of drug-likeness (QED) is 0.0892. The highest BCUT2D eigenvalue weighted by Crippen LogP contribution is 2.58. The van der Waals surface area contributed by atoms with Crippen molar-refractivity contribution in [3.63, 3.8) is 0 Å². The number of nitrogens with one attached hydrogen (secondary N) is 2. The molecule has 4 N–H and O–H groups in total. The summed E-state index contributed by atoms with van der Waals surface area (Å²) in [7, 11) is 0. The van der Waals surface area contributed by atoms with Crippen molar-refractivity contribution in [3.8, 4) is 11.1 Å². The summed E-state index contributed by atoms with van der Waals surface area (Å²) in [6.07, 6.45) is 14.1. The van der Waals surface area contributed by atoms with Gasteiger partial charge in [0.05, 0.1) is 23.1 Å². The molecule has 0 radical (unpaired) electrons. The number of rotatable bonds is 11. The van der Waals surface area contributed by atoms with Crippen molar-refractivity contribution in [1.82, 2.24) is 5.32 Å². The normalized spacial score (nSPS) is 22.2. The van der Waals surface area contributed by atoms with Gasteiger partial charge >= 0.3 is 0 Å². The Labute approximate surface area is 411 Å². The van der Waals surface area contributed by atoms with E-state index in [-0.39, 0.29) is 6.04 Å². The molecule has 5 aliphatic rings. The fourth-order valence-electron chi connectivity index (χ4n) is 11.1. The van der Waals surface area contributed by atoms with Crippen LogP contribution in [0.3, 0.4) is 0 Å². The zero-order valence-electron chi connectivity index (χ0n) is 39.2. The molecule has 5 heteroatoms. The zero-order valence-corrected chi connectivity index (χ0v) is 39.2. The molecule has 340 valence electrons. The molecular weight excluding hydrogens is 851 g/mol. The molecule has 0 amide bonds. The van der Waals surface area contributed by atoms with Gasteiger partial charge in [-0.25, -0.2) is 4.99 Å². The maximum atomic E-state index is 9.76. The first-order chi connectivity index (χ1) is 34.6. The number of hydrogen-bond acceptors (Lipinski definition) is 3. The smallest absolute Gasteiger partial charge is 0.153 e. The van der Waals surface area contributed by atoms with Crippen molar-refractivity contribution >= 4 is 34.4 Å². The van der Waals surface area contributed by atoms with E-state index in [0.29, 0.717) is 35.2 Å². The van der Waals surface area contributed by atoms with Crippen LogP contribution in [0.4, 0.5) is 0 Å². The first kappa shape index (κ1) is 43.2. The number of nitrogens with zero attached hydrogens (tertiary/aromatic N) is 2. The number of nitrogens with two attached hydrogens (primary N) is 1. The fraction of sp³-hybridized carbons (Fsp3) is 0.154. The molecule has 0 bridgehead atoms. The predicted molar refractivity (Wildman–Crippen MR) is 290 cm³/mol. The molecule has 7 aromatic carbocycles. The van der Waals surface area contributed by atoms with E-state index in [2.05, 4.69) is 193 Å². The molecule has 0 saturated heterocycles. The number of aliphatic imine (C=N–C) groups is 2. The minimum absolute atomic E-state index is 0.143. The van der Waals surface area contributed by atoms with Gasteiger partial charge in [0.2, 0.25) is 0 Å². The summed E-state index contributed by atoms with van der Waals surface area (Å²) in [5.74, 6) is 3.11. The molecular formula is C65H55N5. The summed E-state index contributed by atoms with van der Waals surface area (Å²) >= 11 is 0. The topological polar surface area (TPSA) is 86.6 Å². The number of fused-ring (bicyclic) bond motifs is 2. The van der Waals surface area contributed by atoms with Crippen LogP contribution in [0.25, 0.3) is 28.1 Å². The highest BCUT2D eigenvalue weighted by molar-refractivity contribution is 6.20. The highest BCUT2D eigenvalue weighted by atomic mass is 15.0. The lowest BCUT2D eigenvalue weighted by Crippen LogP contribution is -2.24. The van der Waals surface area contributed by atoms with E-state index in [0.717, 1.165) is 99.4 Å². The third kappa shape index (κ3) is 8.53. The van der Waals surface area contributed by atoms with E-state index in [1.165, 1.54) is 27.8 Å². The Balaban J connectivity index is 0.937. The predicted octanol–water partition coefficient (Wildman–Crippen LogP) is 14.3. The molecule has 1 heterocycles. The van der Waals surface area contributed by atoms with Gasteiger partial charge in [0.1, 0.15) is 5.84 Å². The van der Waals surface area contributed by atoms with Crippen LogP contribution in [0.5, 0.6) is 0 Å². The summed E-state index contributed by atoms with van der Waals surface area (Å²) in [5.41, 5.74) is 25.0. The molecule has 4 aliphatic carbocycles. The molecule has 2 fully saturated rings. The molecule has 5 unspecified atom stereocenters. The van der Waals surface area contributed by atoms with Gasteiger partial charge < -0.3 is 11.1 Å². The van der Waals surface area contributed by atoms with Crippen molar-refractivity contribution in [2.45, 2.75) is 50.0 Å². The Morgan fingerprint density at radius 3 is 1.91 bits per heavy atom. The lowest BCUT2D eigenvalue weighted by Gasteiger charge is -2.31. The van der Waals surface area contributed by atoms with E-state index in [9.17, 15) is 5.41 Å². The van der Waals surface area contributed by atoms with Gasteiger partial charge in [-0.15, -0.1) is 0 Å². The van der Waals surface area contributed by atoms with Crippen molar-refractivity contribution < 1.29 is 0 Å². The molecule has 1 aliphatic heterocycles. The van der Waals surface area contributed by atoms with Crippen molar-refractivity contribution in [3.05, 3.63) is 280 Å². The third-order valence-corrected chi connectivity index (χ3v) is 14.9. The number of amidine groups is 2. The SMILES string of the molecule is N=C(/C(C1=CCCC=C1)=C1\NC(c2ccccc2)=C(c2cccc(/C(N)=N/C(=N\C3CC3c3ccc(-c4ccccc4)cc3)C3=CCC(c4ccccc4)C4CC34)c2)c2ccccc21)c1ccccc1. The van der Waals surface area contributed by atoms with Crippen molar-refractivity contribution in [1.29, 1.82) is 5.41 Å². The summed E-state index contributed by atoms with van der Waals surface area (Å²) in [6, 6.07) is 68.5. The van der Waals surface area contributed by atoms with Crippen LogP contribution in [0.1, 0.15) is 88.4 Å². The van der Waals surface area contributed by atoms with Gasteiger partial charge in [0.15, 0.2) is 5.84 Å². The molecule has 12 rings (SSSR count). The fourth-order valence-corrected chi connectivity index (χ4v) is 11.1. The molecule has 70 heavy (non-hydrogen) atoms. The lowest BCUT2D eigenvalue weighted by atomic mass is 9.82. The lowest BCUT2D eigenvalue weighted by molar-refractivity contribution is 0.566. The van der Waals surface area contributed by atoms with Crippen LogP contribution < -0.4 is 11.1 Å². The molecule has 5 atom stereocenters. The number of allylic oxidation sites excluding steroid dienone is 6. The van der Waals surface area contributed by atoms with Gasteiger partial charge in [-0.05, 0) is 106 Å². The second-order valence-corrected chi connectivity index (χ2v) is 19.3. The first-order valence-corrected chi connectivity index (χ1v) is 24.9. The monoisotopic (exact) mass is 905 g/mol. The Hall–Kier alpha value is -8.15. The summed E-state index contributed by atoms with van der Waals surface area (Å²) < 4.78 is 0. The van der Waals surface area contributed by atoms with Crippen molar-refractivity contribution in [2.75, 3.05) is 0 Å². The maximum absolute atomic E-state index is 9.76. The maximum Gasteiger partial charge on any atom is 0.153 e. The molecule has 0 aromatic heterocycles. The summed E-state index contributed by atoms with van der Waals surface area (Å²) in [5, 5.41) is 13.7. The van der Waals surface area contributed by atoms with Crippen LogP contribution in [0.15, 0.2) is 245 Å². The standard InChI is InChI=1S/C65H55N5/c66-61(47-25-12-4-13-26-47)60(46-23-10-3-11-24-46)63-53-32-17-16-31-52(53)59(62(69-63)48-27-14-5-15-28-48)49-29-18-30-50(39-49)64(67)70-65(54-38-37-51(56-40-57(54)56)44-21-8-2-9-22-44)68-58-41-55(58)45-35-33-43(34-36-45)42-19-6-1-7-20-42/h1-2,4-10,12-36,38-39,51,55-58,66,69H,3,11,37,40-41H2,(H2,67,68,70)/b63-60-,66-61?. The van der Waals surface area contributed by atoms with E-state index >= 15 is 0 Å². The van der Waals surface area contributed by atoms with Gasteiger partial charge in [-0.1, -0.05) is 212 Å². The third-order valence-electron chi connectivity index (χ3n) is 14.9. The Bertz CT molecular complexity index is 3340. The Morgan fingerprint density at radius 2 is 1.19 bits per heavy atom. The Kier molecular flexibility index (Phi) is 11.6. The van der Waals surface area contributed by atoms with Gasteiger partial charge in [-0.2, -0.15) is 0 Å². The highest BCUT2D eigenvalue weighted by Gasteiger charge is 2.49. The summed E-state index contributed by atoms with van der Waals surface area (Å²) in [6.45, 7) is 0. The minimum Gasteiger partial charge on any atom is -0.383 e. The summed E-state index contributed by atoms with van der Waals surface area (Å²) in [4.78, 5) is 10.9. The largest absolute Gasteiger partial charge is 0.383 e. The molecule has 0 spiro atoms. The number of benzene rings is 7. The van der Waals surface area contributed by atoms with Crippen LogP contribution >= 0.6 is 0 Å². The van der Waals surface area contributed by atoms with E-state index < -0.39 is 0 Å². The molecule has 5 nitrogen and oxygen atoms in total. The van der Waals surface area contributed by atoms with E-state index in [1.54, 1.807) is 0 Å². The van der Waals surface area contributed by atoms with E-state index in [1.807, 2.05) is 30.3 Å².